The van der Waals surface area contributed by atoms with Gasteiger partial charge in [0, 0.05) is 33.9 Å². The maximum absolute atomic E-state index is 5.33. The second-order valence-corrected chi connectivity index (χ2v) is 3.13. The van der Waals surface area contributed by atoms with E-state index in [4.69, 9.17) is 9.47 Å². The average molecular weight is 357 g/mol. The molecule has 0 unspecified atom stereocenters. The number of aliphatic imine (C=N–C) groups is 1. The highest BCUT2D eigenvalue weighted by Crippen LogP contribution is 1.82. The van der Waals surface area contributed by atoms with Gasteiger partial charge in [-0.3, -0.25) is 4.99 Å². The second-order valence-electron chi connectivity index (χ2n) is 3.13. The molecule has 0 aliphatic carbocycles. The van der Waals surface area contributed by atoms with Gasteiger partial charge in [-0.2, -0.15) is 0 Å². The topological polar surface area (TPSA) is 54.9 Å². The Hall–Kier alpha value is -0.340. The van der Waals surface area contributed by atoms with Crippen LogP contribution >= 0.6 is 24.0 Å². The van der Waals surface area contributed by atoms with Crippen molar-refractivity contribution in [2.75, 3.05) is 47.1 Å². The van der Waals surface area contributed by atoms with Gasteiger partial charge in [-0.25, -0.2) is 0 Å². The SMILES string of the molecule is C=CCNC(=NC)NCCCOCCOC.I. The van der Waals surface area contributed by atoms with E-state index in [0.717, 1.165) is 25.5 Å². The van der Waals surface area contributed by atoms with E-state index in [1.54, 1.807) is 20.2 Å². The van der Waals surface area contributed by atoms with Gasteiger partial charge in [-0.15, -0.1) is 30.6 Å². The second kappa shape index (κ2) is 15.7. The van der Waals surface area contributed by atoms with Gasteiger partial charge in [-0.1, -0.05) is 6.08 Å². The molecule has 0 radical (unpaired) electrons. The number of rotatable bonds is 9. The van der Waals surface area contributed by atoms with Gasteiger partial charge in [0.05, 0.1) is 13.2 Å². The Morgan fingerprint density at radius 2 is 2.06 bits per heavy atom. The van der Waals surface area contributed by atoms with Crippen molar-refractivity contribution in [2.24, 2.45) is 4.99 Å². The third-order valence-corrected chi connectivity index (χ3v) is 1.83. The lowest BCUT2D eigenvalue weighted by molar-refractivity contribution is 0.0698. The van der Waals surface area contributed by atoms with Crippen molar-refractivity contribution in [3.05, 3.63) is 12.7 Å². The standard InChI is InChI=1S/C11H23N3O2.HI/c1-4-6-13-11(12-2)14-7-5-8-16-10-9-15-3;/h4H,1,5-10H2,2-3H3,(H2,12,13,14);1H. The monoisotopic (exact) mass is 357 g/mol. The molecule has 0 aromatic carbocycles. The zero-order valence-electron chi connectivity index (χ0n) is 10.7. The first-order chi connectivity index (χ1) is 7.85. The Labute approximate surface area is 121 Å². The maximum Gasteiger partial charge on any atom is 0.191 e. The zero-order valence-corrected chi connectivity index (χ0v) is 13.0. The molecule has 0 fully saturated rings. The summed E-state index contributed by atoms with van der Waals surface area (Å²) in [7, 11) is 3.41. The molecular weight excluding hydrogens is 333 g/mol. The number of nitrogens with one attached hydrogen (secondary N) is 2. The summed E-state index contributed by atoms with van der Waals surface area (Å²) in [5, 5.41) is 6.27. The largest absolute Gasteiger partial charge is 0.382 e. The molecule has 0 aromatic heterocycles. The van der Waals surface area contributed by atoms with Crippen LogP contribution in [0.5, 0.6) is 0 Å². The van der Waals surface area contributed by atoms with E-state index in [9.17, 15) is 0 Å². The molecule has 2 N–H and O–H groups in total. The highest BCUT2D eigenvalue weighted by atomic mass is 127. The lowest BCUT2D eigenvalue weighted by Crippen LogP contribution is -2.38. The molecule has 0 aromatic rings. The third-order valence-electron chi connectivity index (χ3n) is 1.83. The Balaban J connectivity index is 0. The van der Waals surface area contributed by atoms with Crippen LogP contribution in [0.4, 0.5) is 0 Å². The van der Waals surface area contributed by atoms with Gasteiger partial charge in [0.25, 0.3) is 0 Å². The number of halogens is 1. The summed E-state index contributed by atoms with van der Waals surface area (Å²) in [5.74, 6) is 0.789. The fourth-order valence-corrected chi connectivity index (χ4v) is 1.01. The molecule has 0 atom stereocenters. The van der Waals surface area contributed by atoms with E-state index < -0.39 is 0 Å². The highest BCUT2D eigenvalue weighted by Gasteiger charge is 1.94. The van der Waals surface area contributed by atoms with Crippen LogP contribution in [0, 0.1) is 0 Å². The van der Waals surface area contributed by atoms with E-state index in [1.165, 1.54) is 0 Å². The van der Waals surface area contributed by atoms with Crippen LogP contribution < -0.4 is 10.6 Å². The number of methoxy groups -OCH3 is 1. The molecule has 6 heteroatoms. The average Bonchev–Trinajstić information content (AvgIpc) is 2.32. The van der Waals surface area contributed by atoms with Crippen molar-refractivity contribution >= 4 is 29.9 Å². The first-order valence-electron chi connectivity index (χ1n) is 5.47. The molecule has 5 nitrogen and oxygen atoms in total. The van der Waals surface area contributed by atoms with Crippen molar-refractivity contribution in [1.29, 1.82) is 0 Å². The molecule has 0 heterocycles. The summed E-state index contributed by atoms with van der Waals surface area (Å²) >= 11 is 0. The molecular formula is C11H24IN3O2. The quantitative estimate of drug-likeness (QED) is 0.213. The van der Waals surface area contributed by atoms with Crippen LogP contribution in [-0.4, -0.2) is 53.0 Å². The Bertz CT molecular complexity index is 201. The molecule has 0 saturated carbocycles. The smallest absolute Gasteiger partial charge is 0.191 e. The van der Waals surface area contributed by atoms with E-state index in [1.807, 2.05) is 0 Å². The van der Waals surface area contributed by atoms with Gasteiger partial charge in [0.1, 0.15) is 0 Å². The molecule has 0 rings (SSSR count). The molecule has 0 aliphatic rings. The third kappa shape index (κ3) is 13.6. The maximum atomic E-state index is 5.33. The summed E-state index contributed by atoms with van der Waals surface area (Å²) in [6, 6.07) is 0. The highest BCUT2D eigenvalue weighted by molar-refractivity contribution is 14.0. The van der Waals surface area contributed by atoms with E-state index in [0.29, 0.717) is 19.8 Å². The van der Waals surface area contributed by atoms with Crippen molar-refractivity contribution in [2.45, 2.75) is 6.42 Å². The zero-order chi connectivity index (χ0) is 12.1. The Morgan fingerprint density at radius 3 is 2.65 bits per heavy atom. The number of hydrogen-bond donors (Lipinski definition) is 2. The van der Waals surface area contributed by atoms with Crippen molar-refractivity contribution in [3.63, 3.8) is 0 Å². The number of nitrogens with zero attached hydrogens (tertiary/aromatic N) is 1. The van der Waals surface area contributed by atoms with Crippen molar-refractivity contribution < 1.29 is 9.47 Å². The predicted molar refractivity (Wildman–Crippen MR) is 82.3 cm³/mol. The minimum atomic E-state index is 0. The molecule has 102 valence electrons. The summed E-state index contributed by atoms with van der Waals surface area (Å²) < 4.78 is 10.2. The lowest BCUT2D eigenvalue weighted by atomic mass is 10.4. The van der Waals surface area contributed by atoms with Crippen LogP contribution in [0.2, 0.25) is 0 Å². The van der Waals surface area contributed by atoms with Crippen molar-refractivity contribution in [3.8, 4) is 0 Å². The fraction of sp³-hybridized carbons (Fsp3) is 0.727. The van der Waals surface area contributed by atoms with Crippen LogP contribution in [0.15, 0.2) is 17.6 Å². The summed E-state index contributed by atoms with van der Waals surface area (Å²) in [5.41, 5.74) is 0. The summed E-state index contributed by atoms with van der Waals surface area (Å²) in [6.45, 7) is 7.21. The van der Waals surface area contributed by atoms with E-state index >= 15 is 0 Å². The minimum Gasteiger partial charge on any atom is -0.382 e. The molecule has 0 bridgehead atoms. The molecule has 0 aliphatic heterocycles. The molecule has 0 saturated heterocycles. The number of ether oxygens (including phenoxy) is 2. The Kier molecular flexibility index (Phi) is 17.5. The molecule has 0 spiro atoms. The fourth-order valence-electron chi connectivity index (χ4n) is 1.01. The van der Waals surface area contributed by atoms with Gasteiger partial charge in [0.2, 0.25) is 0 Å². The normalized spacial score (nSPS) is 10.6. The van der Waals surface area contributed by atoms with Crippen LogP contribution in [0.3, 0.4) is 0 Å². The summed E-state index contributed by atoms with van der Waals surface area (Å²) in [4.78, 5) is 4.06. The lowest BCUT2D eigenvalue weighted by Gasteiger charge is -2.10. The number of hydrogen-bond acceptors (Lipinski definition) is 3. The first kappa shape index (κ1) is 19.0. The molecule has 0 amide bonds. The van der Waals surface area contributed by atoms with E-state index in [2.05, 4.69) is 22.2 Å². The van der Waals surface area contributed by atoms with Crippen LogP contribution in [0.1, 0.15) is 6.42 Å². The summed E-state index contributed by atoms with van der Waals surface area (Å²) in [6.07, 6.45) is 2.74. The minimum absolute atomic E-state index is 0. The Morgan fingerprint density at radius 1 is 1.29 bits per heavy atom. The van der Waals surface area contributed by atoms with Crippen LogP contribution in [-0.2, 0) is 9.47 Å². The van der Waals surface area contributed by atoms with Gasteiger partial charge in [0.15, 0.2) is 5.96 Å². The predicted octanol–water partition coefficient (Wildman–Crippen LogP) is 1.01. The van der Waals surface area contributed by atoms with Crippen LogP contribution in [0.25, 0.3) is 0 Å². The molecule has 17 heavy (non-hydrogen) atoms. The van der Waals surface area contributed by atoms with Gasteiger partial charge >= 0.3 is 0 Å². The van der Waals surface area contributed by atoms with Gasteiger partial charge in [-0.05, 0) is 6.42 Å². The first-order valence-corrected chi connectivity index (χ1v) is 5.47. The van der Waals surface area contributed by atoms with Crippen molar-refractivity contribution in [1.82, 2.24) is 10.6 Å². The van der Waals surface area contributed by atoms with E-state index in [-0.39, 0.29) is 24.0 Å². The van der Waals surface area contributed by atoms with Gasteiger partial charge < -0.3 is 20.1 Å². The number of guanidine groups is 1.